The lowest BCUT2D eigenvalue weighted by atomic mass is 9.93. The number of aryl methyl sites for hydroxylation is 1. The number of anilines is 1. The van der Waals surface area contributed by atoms with Crippen LogP contribution in [0.3, 0.4) is 0 Å². The average molecular weight is 409 g/mol. The van der Waals surface area contributed by atoms with Crippen molar-refractivity contribution < 1.29 is 19.1 Å². The Hall–Kier alpha value is -3.35. The molecule has 1 unspecified atom stereocenters. The fourth-order valence-electron chi connectivity index (χ4n) is 3.43. The highest BCUT2D eigenvalue weighted by atomic mass is 16.5. The van der Waals surface area contributed by atoms with Crippen molar-refractivity contribution in [2.75, 3.05) is 19.5 Å². The zero-order valence-corrected chi connectivity index (χ0v) is 17.5. The molecule has 2 N–H and O–H groups in total. The molecule has 0 saturated carbocycles. The van der Waals surface area contributed by atoms with E-state index in [1.54, 1.807) is 12.1 Å². The van der Waals surface area contributed by atoms with Crippen molar-refractivity contribution in [1.29, 1.82) is 0 Å². The van der Waals surface area contributed by atoms with Crippen LogP contribution in [0.2, 0.25) is 0 Å². The fraction of sp³-hybridized carbons (Fsp3) is 0.348. The van der Waals surface area contributed by atoms with Crippen molar-refractivity contribution in [2.45, 2.75) is 32.7 Å². The van der Waals surface area contributed by atoms with Crippen molar-refractivity contribution in [2.24, 2.45) is 5.92 Å². The summed E-state index contributed by atoms with van der Waals surface area (Å²) in [6, 6.07) is 8.85. The number of pyridine rings is 1. The van der Waals surface area contributed by atoms with Crippen LogP contribution in [0, 0.1) is 12.8 Å². The zero-order chi connectivity index (χ0) is 21.5. The molecule has 0 bridgehead atoms. The number of ether oxygens (including phenoxy) is 2. The SMILES string of the molecule is COc1cc(C(=O)NCc2cccc(C)n2)cc(NC(=O)C2CC=CCC2)c1OC. The summed E-state index contributed by atoms with van der Waals surface area (Å²) in [5, 5.41) is 5.77. The summed E-state index contributed by atoms with van der Waals surface area (Å²) in [5.41, 5.74) is 2.42. The second-order valence-corrected chi connectivity index (χ2v) is 7.18. The van der Waals surface area contributed by atoms with Gasteiger partial charge in [-0.25, -0.2) is 0 Å². The molecule has 1 heterocycles. The minimum Gasteiger partial charge on any atom is -0.493 e. The van der Waals surface area contributed by atoms with Gasteiger partial charge in [0.05, 0.1) is 32.1 Å². The molecule has 1 atom stereocenters. The molecular weight excluding hydrogens is 382 g/mol. The summed E-state index contributed by atoms with van der Waals surface area (Å²) in [5.74, 6) is 0.263. The van der Waals surface area contributed by atoms with Gasteiger partial charge in [0, 0.05) is 17.2 Å². The molecule has 158 valence electrons. The smallest absolute Gasteiger partial charge is 0.251 e. The summed E-state index contributed by atoms with van der Waals surface area (Å²) in [4.78, 5) is 29.8. The molecule has 7 heteroatoms. The Kier molecular flexibility index (Phi) is 7.06. The molecule has 1 aliphatic carbocycles. The maximum absolute atomic E-state index is 12.8. The van der Waals surface area contributed by atoms with Gasteiger partial charge in [0.25, 0.3) is 5.91 Å². The number of carbonyl (C=O) groups is 2. The molecule has 0 spiro atoms. The molecule has 2 amide bonds. The van der Waals surface area contributed by atoms with Crippen molar-refractivity contribution in [3.8, 4) is 11.5 Å². The Morgan fingerprint density at radius 2 is 2.00 bits per heavy atom. The van der Waals surface area contributed by atoms with Gasteiger partial charge in [-0.1, -0.05) is 18.2 Å². The topological polar surface area (TPSA) is 89.5 Å². The van der Waals surface area contributed by atoms with E-state index in [1.165, 1.54) is 14.2 Å². The number of benzene rings is 1. The first-order valence-electron chi connectivity index (χ1n) is 9.94. The van der Waals surface area contributed by atoms with Gasteiger partial charge < -0.3 is 20.1 Å². The number of hydrogen-bond acceptors (Lipinski definition) is 5. The maximum Gasteiger partial charge on any atom is 0.251 e. The number of nitrogens with one attached hydrogen (secondary N) is 2. The molecule has 0 aliphatic heterocycles. The number of methoxy groups -OCH3 is 2. The molecular formula is C23H27N3O4. The minimum absolute atomic E-state index is 0.0961. The summed E-state index contributed by atoms with van der Waals surface area (Å²) in [7, 11) is 2.99. The van der Waals surface area contributed by atoms with Crippen LogP contribution in [0.1, 0.15) is 41.0 Å². The van der Waals surface area contributed by atoms with Crippen LogP contribution in [0.15, 0.2) is 42.5 Å². The molecule has 2 aromatic rings. The van der Waals surface area contributed by atoms with E-state index >= 15 is 0 Å². The van der Waals surface area contributed by atoms with E-state index < -0.39 is 0 Å². The van der Waals surface area contributed by atoms with Crippen LogP contribution in [-0.4, -0.2) is 31.0 Å². The molecule has 0 radical (unpaired) electrons. The van der Waals surface area contributed by atoms with E-state index in [-0.39, 0.29) is 17.7 Å². The van der Waals surface area contributed by atoms with Gasteiger partial charge in [0.2, 0.25) is 5.91 Å². The monoisotopic (exact) mass is 409 g/mol. The van der Waals surface area contributed by atoms with Crippen LogP contribution >= 0.6 is 0 Å². The Bertz CT molecular complexity index is 955. The third-order valence-electron chi connectivity index (χ3n) is 5.01. The summed E-state index contributed by atoms with van der Waals surface area (Å²) >= 11 is 0. The fourth-order valence-corrected chi connectivity index (χ4v) is 3.43. The molecule has 0 fully saturated rings. The summed E-state index contributed by atoms with van der Waals surface area (Å²) in [6.45, 7) is 2.20. The molecule has 7 nitrogen and oxygen atoms in total. The highest BCUT2D eigenvalue weighted by Crippen LogP contribution is 2.37. The van der Waals surface area contributed by atoms with Crippen molar-refractivity contribution in [1.82, 2.24) is 10.3 Å². The minimum atomic E-state index is -0.296. The van der Waals surface area contributed by atoms with E-state index in [0.717, 1.165) is 24.2 Å². The first-order valence-corrected chi connectivity index (χ1v) is 9.94. The third kappa shape index (κ3) is 5.17. The Balaban J connectivity index is 1.80. The zero-order valence-electron chi connectivity index (χ0n) is 17.5. The van der Waals surface area contributed by atoms with Gasteiger partial charge in [-0.05, 0) is 50.5 Å². The summed E-state index contributed by atoms with van der Waals surface area (Å²) < 4.78 is 10.8. The molecule has 3 rings (SSSR count). The van der Waals surface area contributed by atoms with Crippen molar-refractivity contribution in [3.63, 3.8) is 0 Å². The first-order chi connectivity index (χ1) is 14.5. The van der Waals surface area contributed by atoms with E-state index in [2.05, 4.69) is 21.7 Å². The second kappa shape index (κ2) is 9.91. The average Bonchev–Trinajstić information content (AvgIpc) is 2.77. The maximum atomic E-state index is 12.8. The van der Waals surface area contributed by atoms with Crippen LogP contribution < -0.4 is 20.1 Å². The number of amides is 2. The van der Waals surface area contributed by atoms with Crippen LogP contribution in [0.5, 0.6) is 11.5 Å². The first kappa shape index (κ1) is 21.4. The normalized spacial score (nSPS) is 15.4. The highest BCUT2D eigenvalue weighted by molar-refractivity contribution is 6.00. The quantitative estimate of drug-likeness (QED) is 0.682. The van der Waals surface area contributed by atoms with E-state index in [4.69, 9.17) is 9.47 Å². The Morgan fingerprint density at radius 1 is 1.17 bits per heavy atom. The highest BCUT2D eigenvalue weighted by Gasteiger charge is 2.23. The van der Waals surface area contributed by atoms with E-state index in [9.17, 15) is 9.59 Å². The van der Waals surface area contributed by atoms with Gasteiger partial charge in [-0.2, -0.15) is 0 Å². The third-order valence-corrected chi connectivity index (χ3v) is 5.01. The van der Waals surface area contributed by atoms with Crippen LogP contribution in [0.4, 0.5) is 5.69 Å². The number of allylic oxidation sites excluding steroid dienone is 2. The van der Waals surface area contributed by atoms with Crippen molar-refractivity contribution >= 4 is 17.5 Å². The predicted molar refractivity (Wildman–Crippen MR) is 115 cm³/mol. The molecule has 1 aromatic carbocycles. The van der Waals surface area contributed by atoms with Gasteiger partial charge in [-0.3, -0.25) is 14.6 Å². The predicted octanol–water partition coefficient (Wildman–Crippen LogP) is 3.63. The lowest BCUT2D eigenvalue weighted by molar-refractivity contribution is -0.120. The standard InChI is InChI=1S/C23H27N3O4/c1-15-8-7-11-18(25-15)14-24-22(27)17-12-19(21(30-3)20(13-17)29-2)26-23(28)16-9-5-4-6-10-16/h4-5,7-8,11-13,16H,6,9-10,14H2,1-3H3,(H,24,27)(H,26,28). The molecule has 30 heavy (non-hydrogen) atoms. The van der Waals surface area contributed by atoms with E-state index in [1.807, 2.05) is 31.2 Å². The number of carbonyl (C=O) groups excluding carboxylic acids is 2. The Morgan fingerprint density at radius 3 is 2.67 bits per heavy atom. The van der Waals surface area contributed by atoms with Crippen LogP contribution in [-0.2, 0) is 11.3 Å². The van der Waals surface area contributed by atoms with Gasteiger partial charge in [0.1, 0.15) is 0 Å². The number of nitrogens with zero attached hydrogens (tertiary/aromatic N) is 1. The summed E-state index contributed by atoms with van der Waals surface area (Å²) in [6.07, 6.45) is 6.49. The molecule has 1 aliphatic rings. The van der Waals surface area contributed by atoms with Gasteiger partial charge in [0.15, 0.2) is 11.5 Å². The van der Waals surface area contributed by atoms with Crippen LogP contribution in [0.25, 0.3) is 0 Å². The lowest BCUT2D eigenvalue weighted by Crippen LogP contribution is -2.25. The van der Waals surface area contributed by atoms with E-state index in [0.29, 0.717) is 35.7 Å². The lowest BCUT2D eigenvalue weighted by Gasteiger charge is -2.20. The largest absolute Gasteiger partial charge is 0.493 e. The Labute approximate surface area is 176 Å². The number of rotatable bonds is 7. The van der Waals surface area contributed by atoms with Gasteiger partial charge in [-0.15, -0.1) is 0 Å². The van der Waals surface area contributed by atoms with Crippen molar-refractivity contribution in [3.05, 3.63) is 59.4 Å². The number of hydrogen-bond donors (Lipinski definition) is 2. The molecule has 0 saturated heterocycles. The number of aromatic nitrogens is 1. The molecule has 1 aromatic heterocycles. The van der Waals surface area contributed by atoms with Gasteiger partial charge >= 0.3 is 0 Å². The second-order valence-electron chi connectivity index (χ2n) is 7.18.